The van der Waals surface area contributed by atoms with E-state index in [1.54, 1.807) is 0 Å². The Labute approximate surface area is 124 Å². The number of aliphatic carboxylic acids is 1. The molecule has 2 aromatic carbocycles. The van der Waals surface area contributed by atoms with Gasteiger partial charge in [-0.1, -0.05) is 41.9 Å². The molecule has 0 bridgehead atoms. The maximum Gasteiger partial charge on any atom is 0.303 e. The van der Waals surface area contributed by atoms with Crippen molar-refractivity contribution in [3.8, 4) is 11.1 Å². The Morgan fingerprint density at radius 2 is 1.85 bits per heavy atom. The number of halogens is 1. The normalized spacial score (nSPS) is 10.5. The molecule has 0 heterocycles. The van der Waals surface area contributed by atoms with E-state index < -0.39 is 5.97 Å². The van der Waals surface area contributed by atoms with Gasteiger partial charge in [-0.05, 0) is 54.2 Å². The van der Waals surface area contributed by atoms with Crippen LogP contribution in [-0.4, -0.2) is 11.1 Å². The fourth-order valence-electron chi connectivity index (χ4n) is 2.25. The van der Waals surface area contributed by atoms with Crippen LogP contribution in [0.5, 0.6) is 0 Å². The van der Waals surface area contributed by atoms with Crippen LogP contribution in [-0.2, 0) is 11.2 Å². The predicted molar refractivity (Wildman–Crippen MR) is 82.2 cm³/mol. The molecule has 0 amide bonds. The largest absolute Gasteiger partial charge is 0.481 e. The SMILES string of the molecule is Cc1cc(Cl)ccc1-c1ccc(CCCC(=O)O)cc1. The fourth-order valence-corrected chi connectivity index (χ4v) is 2.47. The number of carboxylic acids is 1. The van der Waals surface area contributed by atoms with Gasteiger partial charge in [0.1, 0.15) is 0 Å². The number of benzene rings is 2. The first-order valence-corrected chi connectivity index (χ1v) is 7.01. The van der Waals surface area contributed by atoms with Crippen molar-refractivity contribution in [2.45, 2.75) is 26.2 Å². The van der Waals surface area contributed by atoms with Crippen LogP contribution >= 0.6 is 11.6 Å². The zero-order valence-electron chi connectivity index (χ0n) is 11.4. The van der Waals surface area contributed by atoms with Crippen LogP contribution in [0.4, 0.5) is 0 Å². The van der Waals surface area contributed by atoms with Crippen LogP contribution in [0.15, 0.2) is 42.5 Å². The van der Waals surface area contributed by atoms with Gasteiger partial charge in [0.25, 0.3) is 0 Å². The van der Waals surface area contributed by atoms with Crippen LogP contribution < -0.4 is 0 Å². The highest BCUT2D eigenvalue weighted by atomic mass is 35.5. The molecule has 2 rings (SSSR count). The Balaban J connectivity index is 2.09. The average molecular weight is 289 g/mol. The van der Waals surface area contributed by atoms with Crippen molar-refractivity contribution >= 4 is 17.6 Å². The zero-order valence-corrected chi connectivity index (χ0v) is 12.2. The van der Waals surface area contributed by atoms with Crippen molar-refractivity contribution in [1.82, 2.24) is 0 Å². The van der Waals surface area contributed by atoms with Crippen LogP contribution in [0.2, 0.25) is 5.02 Å². The summed E-state index contributed by atoms with van der Waals surface area (Å²) in [4.78, 5) is 10.5. The molecule has 20 heavy (non-hydrogen) atoms. The maximum absolute atomic E-state index is 10.5. The summed E-state index contributed by atoms with van der Waals surface area (Å²) in [5.41, 5.74) is 4.64. The Morgan fingerprint density at radius 3 is 2.45 bits per heavy atom. The van der Waals surface area contributed by atoms with Gasteiger partial charge in [-0.3, -0.25) is 4.79 Å². The lowest BCUT2D eigenvalue weighted by Crippen LogP contribution is -1.95. The van der Waals surface area contributed by atoms with Crippen molar-refractivity contribution in [2.24, 2.45) is 0 Å². The van der Waals surface area contributed by atoms with Crippen molar-refractivity contribution in [3.63, 3.8) is 0 Å². The monoisotopic (exact) mass is 288 g/mol. The molecule has 0 aliphatic rings. The highest BCUT2D eigenvalue weighted by Gasteiger charge is 2.03. The van der Waals surface area contributed by atoms with Gasteiger partial charge in [0, 0.05) is 11.4 Å². The summed E-state index contributed by atoms with van der Waals surface area (Å²) in [5.74, 6) is -0.738. The predicted octanol–water partition coefficient (Wildman–Crippen LogP) is 4.72. The lowest BCUT2D eigenvalue weighted by atomic mass is 9.98. The summed E-state index contributed by atoms with van der Waals surface area (Å²) in [6.07, 6.45) is 1.69. The third-order valence-electron chi connectivity index (χ3n) is 3.31. The number of hydrogen-bond donors (Lipinski definition) is 1. The van der Waals surface area contributed by atoms with E-state index in [1.165, 1.54) is 11.1 Å². The third kappa shape index (κ3) is 3.84. The molecular formula is C17H17ClO2. The molecule has 0 radical (unpaired) electrons. The van der Waals surface area contributed by atoms with E-state index in [9.17, 15) is 4.79 Å². The number of hydrogen-bond acceptors (Lipinski definition) is 1. The Bertz CT molecular complexity index is 603. The van der Waals surface area contributed by atoms with E-state index in [1.807, 2.05) is 25.1 Å². The molecule has 0 aromatic heterocycles. The second-order valence-corrected chi connectivity index (χ2v) is 5.34. The number of rotatable bonds is 5. The zero-order chi connectivity index (χ0) is 14.5. The molecule has 0 aliphatic carbocycles. The summed E-state index contributed by atoms with van der Waals surface area (Å²) in [5, 5.41) is 9.37. The molecule has 0 spiro atoms. The molecule has 0 saturated carbocycles. The van der Waals surface area contributed by atoms with Crippen LogP contribution in [0, 0.1) is 6.92 Å². The van der Waals surface area contributed by atoms with Gasteiger partial charge < -0.3 is 5.11 Å². The lowest BCUT2D eigenvalue weighted by Gasteiger charge is -2.08. The van der Waals surface area contributed by atoms with Crippen LogP contribution in [0.1, 0.15) is 24.0 Å². The fraction of sp³-hybridized carbons (Fsp3) is 0.235. The van der Waals surface area contributed by atoms with Gasteiger partial charge in [-0.25, -0.2) is 0 Å². The molecule has 0 unspecified atom stereocenters. The Morgan fingerprint density at radius 1 is 1.15 bits per heavy atom. The molecule has 1 N–H and O–H groups in total. The van der Waals surface area contributed by atoms with Crippen LogP contribution in [0.25, 0.3) is 11.1 Å². The van der Waals surface area contributed by atoms with E-state index in [0.29, 0.717) is 6.42 Å². The average Bonchev–Trinajstić information content (AvgIpc) is 2.39. The van der Waals surface area contributed by atoms with Crippen molar-refractivity contribution < 1.29 is 9.90 Å². The first-order chi connectivity index (χ1) is 9.56. The first-order valence-electron chi connectivity index (χ1n) is 6.63. The molecule has 2 nitrogen and oxygen atoms in total. The molecule has 0 atom stereocenters. The number of aryl methyl sites for hydroxylation is 2. The van der Waals surface area contributed by atoms with Crippen molar-refractivity contribution in [3.05, 3.63) is 58.6 Å². The van der Waals surface area contributed by atoms with Gasteiger partial charge in [0.15, 0.2) is 0 Å². The van der Waals surface area contributed by atoms with Gasteiger partial charge in [0.05, 0.1) is 0 Å². The smallest absolute Gasteiger partial charge is 0.303 e. The lowest BCUT2D eigenvalue weighted by molar-refractivity contribution is -0.137. The van der Waals surface area contributed by atoms with Crippen molar-refractivity contribution in [2.75, 3.05) is 0 Å². The summed E-state index contributed by atoms with van der Waals surface area (Å²) in [6, 6.07) is 14.1. The summed E-state index contributed by atoms with van der Waals surface area (Å²) < 4.78 is 0. The highest BCUT2D eigenvalue weighted by Crippen LogP contribution is 2.26. The van der Waals surface area contributed by atoms with Gasteiger partial charge in [0.2, 0.25) is 0 Å². The van der Waals surface area contributed by atoms with E-state index in [4.69, 9.17) is 16.7 Å². The van der Waals surface area contributed by atoms with Crippen molar-refractivity contribution in [1.29, 1.82) is 0 Å². The summed E-state index contributed by atoms with van der Waals surface area (Å²) >= 11 is 5.96. The summed E-state index contributed by atoms with van der Waals surface area (Å²) in [6.45, 7) is 2.04. The van der Waals surface area contributed by atoms with Gasteiger partial charge in [-0.15, -0.1) is 0 Å². The molecule has 0 saturated heterocycles. The molecular weight excluding hydrogens is 272 g/mol. The standard InChI is InChI=1S/C17H17ClO2/c1-12-11-15(18)9-10-16(12)14-7-5-13(6-8-14)3-2-4-17(19)20/h5-11H,2-4H2,1H3,(H,19,20). The maximum atomic E-state index is 10.5. The third-order valence-corrected chi connectivity index (χ3v) is 3.54. The van der Waals surface area contributed by atoms with Gasteiger partial charge >= 0.3 is 5.97 Å². The minimum atomic E-state index is -0.738. The molecule has 3 heteroatoms. The minimum absolute atomic E-state index is 0.220. The molecule has 0 fully saturated rings. The van der Waals surface area contributed by atoms with E-state index in [2.05, 4.69) is 24.3 Å². The first kappa shape index (κ1) is 14.6. The van der Waals surface area contributed by atoms with E-state index in [-0.39, 0.29) is 6.42 Å². The number of carbonyl (C=O) groups is 1. The Kier molecular flexibility index (Phi) is 4.80. The molecule has 104 valence electrons. The minimum Gasteiger partial charge on any atom is -0.481 e. The highest BCUT2D eigenvalue weighted by molar-refractivity contribution is 6.30. The quantitative estimate of drug-likeness (QED) is 0.864. The summed E-state index contributed by atoms with van der Waals surface area (Å²) in [7, 11) is 0. The topological polar surface area (TPSA) is 37.3 Å². The second kappa shape index (κ2) is 6.58. The Hall–Kier alpha value is -1.80. The second-order valence-electron chi connectivity index (χ2n) is 4.90. The molecule has 0 aliphatic heterocycles. The van der Waals surface area contributed by atoms with Crippen LogP contribution in [0.3, 0.4) is 0 Å². The number of carboxylic acid groups (broad SMARTS) is 1. The van der Waals surface area contributed by atoms with E-state index in [0.717, 1.165) is 22.6 Å². The molecule has 2 aromatic rings. The van der Waals surface area contributed by atoms with E-state index >= 15 is 0 Å². The van der Waals surface area contributed by atoms with Gasteiger partial charge in [-0.2, -0.15) is 0 Å².